The van der Waals surface area contributed by atoms with E-state index < -0.39 is 6.10 Å². The smallest absolute Gasteiger partial charge is 0.248 e. The monoisotopic (exact) mass is 189 g/mol. The Kier molecular flexibility index (Phi) is 4.95. The van der Waals surface area contributed by atoms with Gasteiger partial charge in [-0.05, 0) is 6.92 Å². The number of quaternary nitrogens is 1. The van der Waals surface area contributed by atoms with Gasteiger partial charge in [-0.15, -0.1) is 0 Å². The summed E-state index contributed by atoms with van der Waals surface area (Å²) in [5.74, 6) is -0.290. The van der Waals surface area contributed by atoms with Crippen molar-refractivity contribution >= 4 is 5.91 Å². The largest absolute Gasteiger partial charge is 0.384 e. The van der Waals surface area contributed by atoms with Gasteiger partial charge in [-0.1, -0.05) is 0 Å². The van der Waals surface area contributed by atoms with E-state index in [2.05, 4.69) is 26.5 Å². The molecule has 1 unspecified atom stereocenters. The second kappa shape index (κ2) is 5.19. The minimum atomic E-state index is -0.899. The maximum absolute atomic E-state index is 10.9. The molecule has 0 saturated heterocycles. The summed E-state index contributed by atoms with van der Waals surface area (Å²) < 4.78 is 0.893. The SMILES string of the molecule is CC(O)C(=O)NCCC[N+](C)(C)C. The van der Waals surface area contributed by atoms with Gasteiger partial charge < -0.3 is 14.9 Å². The van der Waals surface area contributed by atoms with E-state index in [0.717, 1.165) is 17.4 Å². The van der Waals surface area contributed by atoms with Gasteiger partial charge >= 0.3 is 0 Å². The van der Waals surface area contributed by atoms with Gasteiger partial charge in [0, 0.05) is 13.0 Å². The van der Waals surface area contributed by atoms with Crippen molar-refractivity contribution in [2.75, 3.05) is 34.2 Å². The van der Waals surface area contributed by atoms with Gasteiger partial charge in [0.1, 0.15) is 6.10 Å². The van der Waals surface area contributed by atoms with Crippen LogP contribution in [0.5, 0.6) is 0 Å². The van der Waals surface area contributed by atoms with Crippen LogP contribution in [0.3, 0.4) is 0 Å². The molecule has 78 valence electrons. The predicted molar refractivity (Wildman–Crippen MR) is 52.2 cm³/mol. The van der Waals surface area contributed by atoms with E-state index in [1.807, 2.05) is 0 Å². The molecule has 0 rings (SSSR count). The maximum atomic E-state index is 10.9. The van der Waals surface area contributed by atoms with Crippen molar-refractivity contribution in [1.29, 1.82) is 0 Å². The summed E-state index contributed by atoms with van der Waals surface area (Å²) >= 11 is 0. The van der Waals surface area contributed by atoms with Gasteiger partial charge in [-0.2, -0.15) is 0 Å². The number of aliphatic hydroxyl groups excluding tert-OH is 1. The molecule has 0 saturated carbocycles. The van der Waals surface area contributed by atoms with Crippen molar-refractivity contribution in [3.8, 4) is 0 Å². The molecular formula is C9H21N2O2+. The number of carbonyl (C=O) groups is 1. The molecule has 0 radical (unpaired) electrons. The van der Waals surface area contributed by atoms with E-state index in [9.17, 15) is 4.79 Å². The molecule has 4 heteroatoms. The summed E-state index contributed by atoms with van der Waals surface area (Å²) in [6.45, 7) is 3.12. The number of nitrogens with one attached hydrogen (secondary N) is 1. The van der Waals surface area contributed by atoms with Crippen LogP contribution < -0.4 is 5.32 Å². The fraction of sp³-hybridized carbons (Fsp3) is 0.889. The first-order valence-corrected chi connectivity index (χ1v) is 4.59. The first-order chi connectivity index (χ1) is 5.83. The van der Waals surface area contributed by atoms with E-state index in [4.69, 9.17) is 5.11 Å². The molecule has 0 bridgehead atoms. The highest BCUT2D eigenvalue weighted by atomic mass is 16.3. The number of aliphatic hydroxyl groups is 1. The number of rotatable bonds is 5. The Morgan fingerprint density at radius 2 is 2.00 bits per heavy atom. The normalized spacial score (nSPS) is 13.9. The lowest BCUT2D eigenvalue weighted by Crippen LogP contribution is -2.39. The molecule has 1 amide bonds. The Morgan fingerprint density at radius 1 is 1.46 bits per heavy atom. The maximum Gasteiger partial charge on any atom is 0.248 e. The average Bonchev–Trinajstić information content (AvgIpc) is 1.95. The van der Waals surface area contributed by atoms with Crippen molar-refractivity contribution in [3.05, 3.63) is 0 Å². The molecule has 0 heterocycles. The topological polar surface area (TPSA) is 49.3 Å². The van der Waals surface area contributed by atoms with E-state index >= 15 is 0 Å². The molecule has 0 aliphatic heterocycles. The van der Waals surface area contributed by atoms with Gasteiger partial charge in [-0.3, -0.25) is 4.79 Å². The molecule has 0 aromatic carbocycles. The Hall–Kier alpha value is -0.610. The molecule has 1 atom stereocenters. The highest BCUT2D eigenvalue weighted by Gasteiger charge is 2.09. The Balaban J connectivity index is 3.42. The van der Waals surface area contributed by atoms with Crippen LogP contribution in [0, 0.1) is 0 Å². The lowest BCUT2D eigenvalue weighted by molar-refractivity contribution is -0.870. The molecule has 2 N–H and O–H groups in total. The van der Waals surface area contributed by atoms with Gasteiger partial charge in [0.05, 0.1) is 27.7 Å². The zero-order valence-corrected chi connectivity index (χ0v) is 9.00. The number of hydrogen-bond donors (Lipinski definition) is 2. The van der Waals surface area contributed by atoms with Crippen LogP contribution in [0.4, 0.5) is 0 Å². The summed E-state index contributed by atoms with van der Waals surface area (Å²) in [6.07, 6.45) is 0.0335. The first kappa shape index (κ1) is 12.4. The van der Waals surface area contributed by atoms with E-state index in [1.54, 1.807) is 0 Å². The third-order valence-electron chi connectivity index (χ3n) is 1.68. The average molecular weight is 189 g/mol. The number of nitrogens with zero attached hydrogens (tertiary/aromatic N) is 1. The Morgan fingerprint density at radius 3 is 2.38 bits per heavy atom. The molecule has 4 nitrogen and oxygen atoms in total. The molecular weight excluding hydrogens is 168 g/mol. The van der Waals surface area contributed by atoms with Crippen molar-refractivity contribution in [3.63, 3.8) is 0 Å². The molecule has 0 aliphatic rings. The van der Waals surface area contributed by atoms with Crippen LogP contribution in [0.25, 0.3) is 0 Å². The lowest BCUT2D eigenvalue weighted by atomic mass is 10.3. The quantitative estimate of drug-likeness (QED) is 0.456. The second-order valence-electron chi connectivity index (χ2n) is 4.33. The van der Waals surface area contributed by atoms with E-state index in [1.165, 1.54) is 6.92 Å². The van der Waals surface area contributed by atoms with E-state index in [-0.39, 0.29) is 5.91 Å². The van der Waals surface area contributed by atoms with Crippen LogP contribution in [0.2, 0.25) is 0 Å². The summed E-state index contributed by atoms with van der Waals surface area (Å²) in [4.78, 5) is 10.9. The van der Waals surface area contributed by atoms with Crippen molar-refractivity contribution in [1.82, 2.24) is 5.32 Å². The third-order valence-corrected chi connectivity index (χ3v) is 1.68. The Bertz CT molecular complexity index is 161. The summed E-state index contributed by atoms with van der Waals surface area (Å²) in [7, 11) is 6.32. The zero-order valence-electron chi connectivity index (χ0n) is 9.00. The van der Waals surface area contributed by atoms with Gasteiger partial charge in [-0.25, -0.2) is 0 Å². The van der Waals surface area contributed by atoms with Crippen LogP contribution in [-0.2, 0) is 4.79 Å². The van der Waals surface area contributed by atoms with E-state index in [0.29, 0.717) is 6.54 Å². The van der Waals surface area contributed by atoms with Crippen molar-refractivity contribution < 1.29 is 14.4 Å². The van der Waals surface area contributed by atoms with Crippen molar-refractivity contribution in [2.45, 2.75) is 19.4 Å². The third kappa shape index (κ3) is 7.74. The predicted octanol–water partition coefficient (Wildman–Crippen LogP) is -0.420. The molecule has 0 aliphatic carbocycles. The summed E-state index contributed by atoms with van der Waals surface area (Å²) in [6, 6.07) is 0. The fourth-order valence-electron chi connectivity index (χ4n) is 0.913. The minimum absolute atomic E-state index is 0.290. The van der Waals surface area contributed by atoms with Crippen LogP contribution >= 0.6 is 0 Å². The number of hydrogen-bond acceptors (Lipinski definition) is 2. The van der Waals surface area contributed by atoms with Gasteiger partial charge in [0.15, 0.2) is 0 Å². The van der Waals surface area contributed by atoms with Gasteiger partial charge in [0.2, 0.25) is 5.91 Å². The van der Waals surface area contributed by atoms with Gasteiger partial charge in [0.25, 0.3) is 0 Å². The Labute approximate surface area is 80.1 Å². The summed E-state index contributed by atoms with van der Waals surface area (Å²) in [5.41, 5.74) is 0. The summed E-state index contributed by atoms with van der Waals surface area (Å²) in [5, 5.41) is 11.5. The minimum Gasteiger partial charge on any atom is -0.384 e. The lowest BCUT2D eigenvalue weighted by Gasteiger charge is -2.23. The first-order valence-electron chi connectivity index (χ1n) is 4.59. The van der Waals surface area contributed by atoms with Crippen LogP contribution in [0.1, 0.15) is 13.3 Å². The highest BCUT2D eigenvalue weighted by molar-refractivity contribution is 5.79. The molecule has 13 heavy (non-hydrogen) atoms. The number of amides is 1. The van der Waals surface area contributed by atoms with Crippen LogP contribution in [-0.4, -0.2) is 55.8 Å². The molecule has 0 aromatic heterocycles. The number of carbonyl (C=O) groups excluding carboxylic acids is 1. The van der Waals surface area contributed by atoms with Crippen LogP contribution in [0.15, 0.2) is 0 Å². The van der Waals surface area contributed by atoms with Crippen molar-refractivity contribution in [2.24, 2.45) is 0 Å². The molecule has 0 fully saturated rings. The standard InChI is InChI=1S/C9H20N2O2/c1-8(12)9(13)10-6-5-7-11(2,3)4/h8,12H,5-7H2,1-4H3/p+1. The fourth-order valence-corrected chi connectivity index (χ4v) is 0.913. The highest BCUT2D eigenvalue weighted by Crippen LogP contribution is 1.92. The molecule has 0 spiro atoms. The molecule has 0 aromatic rings. The second-order valence-corrected chi connectivity index (χ2v) is 4.33. The zero-order chi connectivity index (χ0) is 10.5.